The molecule has 0 aliphatic heterocycles. The molecule has 0 spiro atoms. The monoisotopic (exact) mass is 246 g/mol. The van der Waals surface area contributed by atoms with Crippen molar-refractivity contribution in [3.8, 4) is 0 Å². The summed E-state index contributed by atoms with van der Waals surface area (Å²) in [6.45, 7) is 0. The Morgan fingerprint density at radius 3 is 1.56 bits per heavy atom. The van der Waals surface area contributed by atoms with E-state index in [1.165, 1.54) is 0 Å². The normalized spacial score (nSPS) is 8.67. The van der Waals surface area contributed by atoms with E-state index in [0.717, 1.165) is 0 Å². The molecule has 2 N–H and O–H groups in total. The summed E-state index contributed by atoms with van der Waals surface area (Å²) < 4.78 is 17.2. The van der Waals surface area contributed by atoms with Crippen LogP contribution in [0.3, 0.4) is 0 Å². The first kappa shape index (κ1) is 18.7. The molecule has 9 heavy (non-hydrogen) atoms. The third kappa shape index (κ3) is 24.5. The molecule has 0 atom stereocenters. The second-order valence-corrected chi connectivity index (χ2v) is 2.09. The van der Waals surface area contributed by atoms with Crippen LogP contribution >= 0.6 is 23.5 Å². The second kappa shape index (κ2) is 12.0. The van der Waals surface area contributed by atoms with E-state index in [1.54, 1.807) is 0 Å². The summed E-state index contributed by atoms with van der Waals surface area (Å²) in [5.74, 6) is 0. The van der Waals surface area contributed by atoms with Gasteiger partial charge in [-0.1, -0.05) is 0 Å². The van der Waals surface area contributed by atoms with Gasteiger partial charge in [0.25, 0.3) is 0 Å². The van der Waals surface area contributed by atoms with Crippen molar-refractivity contribution >= 4 is 122 Å². The maximum atomic E-state index is 9.34. The number of rotatable bonds is 1. The zero-order valence-electron chi connectivity index (χ0n) is 3.91. The fourth-order valence-corrected chi connectivity index (χ4v) is 0. The molecule has 48 valence electrons. The average molecular weight is 247 g/mol. The molecule has 0 bridgehead atoms. The van der Waals surface area contributed by atoms with Crippen LogP contribution in [0.25, 0.3) is 0 Å². The molecule has 0 radical (unpaired) electrons. The second-order valence-electron chi connectivity index (χ2n) is 0.560. The van der Waals surface area contributed by atoms with E-state index in [-0.39, 0.29) is 51.4 Å². The van der Waals surface area contributed by atoms with E-state index in [9.17, 15) is 4.57 Å². The molecule has 9 heteroatoms. The molecule has 0 aliphatic carbocycles. The van der Waals surface area contributed by atoms with Crippen molar-refractivity contribution in [3.05, 3.63) is 0 Å². The zero-order valence-corrected chi connectivity index (χ0v) is 9.44. The summed E-state index contributed by atoms with van der Waals surface area (Å²) >= 11 is 4.75. The molecule has 0 heterocycles. The summed E-state index contributed by atoms with van der Waals surface area (Å²) in [5, 5.41) is 0. The standard InChI is InChI=1S/ClH2O4P.ClH.2K.H/c1-5-6(2,3)4;;;;/h(H2,2,3,4);1H;;;/q;;;+1;/p-1. The van der Waals surface area contributed by atoms with Crippen LogP contribution < -0.4 is 0 Å². The minimum atomic E-state index is -4.38. The van der Waals surface area contributed by atoms with Gasteiger partial charge in [0.1, 0.15) is 0 Å². The van der Waals surface area contributed by atoms with E-state index >= 15 is 0 Å². The Morgan fingerprint density at radius 2 is 1.56 bits per heavy atom. The molecule has 0 amide bonds. The molecular weight excluding hydrogens is 244 g/mol. The fraction of sp³-hybridized carbons (Fsp3) is 0. The van der Waals surface area contributed by atoms with Gasteiger partial charge >= 0.3 is 110 Å². The SMILES string of the molecule is O=P(O)(O)OCl.[Cl][K].[KH]. The van der Waals surface area contributed by atoms with Crippen molar-refractivity contribution < 1.29 is 18.4 Å². The molecule has 0 unspecified atom stereocenters. The molecule has 4 nitrogen and oxygen atoms in total. The predicted octanol–water partition coefficient (Wildman–Crippen LogP) is -0.0903. The number of hydrogen-bond donors (Lipinski definition) is 2. The number of phosphoric acid groups is 1. The van der Waals surface area contributed by atoms with E-state index in [2.05, 4.69) is 15.9 Å². The van der Waals surface area contributed by atoms with Crippen LogP contribution in [-0.2, 0) is 8.64 Å². The third-order valence-corrected chi connectivity index (χ3v) is 0.809. The summed E-state index contributed by atoms with van der Waals surface area (Å²) in [6.07, 6.45) is 0. The van der Waals surface area contributed by atoms with Gasteiger partial charge in [-0.2, -0.15) is 4.08 Å². The van der Waals surface area contributed by atoms with Gasteiger partial charge in [-0.15, -0.1) is 0 Å². The van der Waals surface area contributed by atoms with Gasteiger partial charge in [0.05, 0.1) is 11.9 Å². The van der Waals surface area contributed by atoms with Crippen LogP contribution in [0.15, 0.2) is 0 Å². The van der Waals surface area contributed by atoms with E-state index < -0.39 is 7.82 Å². The Morgan fingerprint density at radius 1 is 1.44 bits per heavy atom. The molecule has 0 saturated carbocycles. The molecule has 0 aliphatic rings. The van der Waals surface area contributed by atoms with Crippen LogP contribution in [0.2, 0.25) is 0 Å². The van der Waals surface area contributed by atoms with Gasteiger partial charge in [0.2, 0.25) is 0 Å². The average Bonchev–Trinajstić information content (AvgIpc) is 1.71. The Balaban J connectivity index is -0.000000109. The predicted molar refractivity (Wildman–Crippen MR) is 37.7 cm³/mol. The van der Waals surface area contributed by atoms with Gasteiger partial charge in [-0.05, 0) is 0 Å². The maximum absolute atomic E-state index is 9.34. The summed E-state index contributed by atoms with van der Waals surface area (Å²) in [4.78, 5) is 15.2. The fourth-order valence-electron chi connectivity index (χ4n) is 0. The van der Waals surface area contributed by atoms with Crippen LogP contribution in [0, 0.1) is 0 Å². The summed E-state index contributed by atoms with van der Waals surface area (Å²) in [5.41, 5.74) is 0. The molecule has 0 saturated heterocycles. The minimum absolute atomic E-state index is 0. The molecule has 0 fully saturated rings. The van der Waals surface area contributed by atoms with Crippen molar-refractivity contribution in [2.24, 2.45) is 0 Å². The number of halogens is 2. The first-order valence-corrected chi connectivity index (χ1v) is 7.43. The Kier molecular flexibility index (Phi) is 24.8. The topological polar surface area (TPSA) is 66.8 Å². The van der Waals surface area contributed by atoms with Gasteiger partial charge < -0.3 is 9.79 Å². The Labute approximate surface area is 136 Å². The molecule has 0 aromatic heterocycles. The Bertz CT molecular complexity index is 80.6. The van der Waals surface area contributed by atoms with Crippen LogP contribution in [0.5, 0.6) is 0 Å². The molecule has 0 rings (SSSR count). The van der Waals surface area contributed by atoms with Crippen LogP contribution in [0.1, 0.15) is 0 Å². The van der Waals surface area contributed by atoms with E-state index in [0.29, 0.717) is 47.1 Å². The molecular formula is H3Cl2K2O4P. The first-order valence-electron chi connectivity index (χ1n) is 1.30. The molecule has 0 aromatic carbocycles. The summed E-state index contributed by atoms with van der Waals surface area (Å²) in [6, 6.07) is 0. The quantitative estimate of drug-likeness (QED) is 0.502. The zero-order chi connectivity index (χ0) is 7.21. The van der Waals surface area contributed by atoms with Gasteiger partial charge in [-0.3, -0.25) is 0 Å². The van der Waals surface area contributed by atoms with Crippen molar-refractivity contribution in [2.75, 3.05) is 0 Å². The third-order valence-electron chi connectivity index (χ3n) is 0.0899. The van der Waals surface area contributed by atoms with E-state index in [4.69, 9.17) is 13.6 Å². The van der Waals surface area contributed by atoms with E-state index in [1.807, 2.05) is 0 Å². The van der Waals surface area contributed by atoms with Crippen molar-refractivity contribution in [3.63, 3.8) is 0 Å². The Hall–Kier alpha value is 3.96. The van der Waals surface area contributed by atoms with Crippen molar-refractivity contribution in [2.45, 2.75) is 0 Å². The van der Waals surface area contributed by atoms with Gasteiger partial charge in [0.15, 0.2) is 0 Å². The summed E-state index contributed by atoms with van der Waals surface area (Å²) in [7, 11) is -4.38. The van der Waals surface area contributed by atoms with Gasteiger partial charge in [-0.25, -0.2) is 4.57 Å². The van der Waals surface area contributed by atoms with Crippen LogP contribution in [0.4, 0.5) is 0 Å². The number of hydrogen-bond acceptors (Lipinski definition) is 2. The van der Waals surface area contributed by atoms with Gasteiger partial charge in [0, 0.05) is 0 Å². The molecule has 0 aromatic rings. The first-order chi connectivity index (χ1) is 3.56. The van der Waals surface area contributed by atoms with Crippen molar-refractivity contribution in [1.82, 2.24) is 0 Å². The van der Waals surface area contributed by atoms with Crippen LogP contribution in [-0.4, -0.2) is 108 Å². The van der Waals surface area contributed by atoms with Crippen molar-refractivity contribution in [1.29, 1.82) is 0 Å².